The summed E-state index contributed by atoms with van der Waals surface area (Å²) >= 11 is 0. The number of carbonyl (C=O) groups is 1. The highest BCUT2D eigenvalue weighted by Gasteiger charge is 2.22. The molecular formula is C21H26FN3O2. The normalized spacial score (nSPS) is 16.2. The Labute approximate surface area is 159 Å². The average molecular weight is 371 g/mol. The van der Waals surface area contributed by atoms with Gasteiger partial charge < -0.3 is 15.4 Å². The number of nitrogens with zero attached hydrogens (tertiary/aromatic N) is 2. The summed E-state index contributed by atoms with van der Waals surface area (Å²) in [7, 11) is 1.31. The molecular weight excluding hydrogens is 345 g/mol. The standard InChI is InChI=1S/C21H26FN3O2/c1-27-21(26)19(23)14-17-13-18(22)7-8-20(17)25-11-9-24(10-12-25)15-16-5-3-2-4-6-16/h2-8,13,19H,9-12,14-15,23H2,1H3. The zero-order valence-electron chi connectivity index (χ0n) is 15.6. The Morgan fingerprint density at radius 2 is 1.85 bits per heavy atom. The van der Waals surface area contributed by atoms with Gasteiger partial charge in [-0.05, 0) is 29.3 Å². The lowest BCUT2D eigenvalue weighted by atomic mass is 10.0. The van der Waals surface area contributed by atoms with Crippen LogP contribution < -0.4 is 10.6 Å². The summed E-state index contributed by atoms with van der Waals surface area (Å²) in [6, 6.07) is 14.3. The molecule has 1 unspecified atom stereocenters. The molecule has 0 aliphatic carbocycles. The van der Waals surface area contributed by atoms with Crippen LogP contribution in [0.4, 0.5) is 10.1 Å². The zero-order valence-corrected chi connectivity index (χ0v) is 15.6. The van der Waals surface area contributed by atoms with Gasteiger partial charge in [-0.15, -0.1) is 0 Å². The van der Waals surface area contributed by atoms with Gasteiger partial charge in [0, 0.05) is 44.8 Å². The highest BCUT2D eigenvalue weighted by molar-refractivity contribution is 5.76. The summed E-state index contributed by atoms with van der Waals surface area (Å²) in [4.78, 5) is 16.3. The third kappa shape index (κ3) is 5.05. The summed E-state index contributed by atoms with van der Waals surface area (Å²) in [5.41, 5.74) is 8.88. The maximum absolute atomic E-state index is 13.8. The molecule has 2 aromatic carbocycles. The van der Waals surface area contributed by atoms with Crippen LogP contribution in [-0.4, -0.2) is 50.2 Å². The van der Waals surface area contributed by atoms with Gasteiger partial charge in [0.05, 0.1) is 7.11 Å². The number of hydrogen-bond donors (Lipinski definition) is 1. The first-order valence-corrected chi connectivity index (χ1v) is 9.20. The Hall–Kier alpha value is -2.44. The predicted octanol–water partition coefficient (Wildman–Crippen LogP) is 2.19. The fourth-order valence-electron chi connectivity index (χ4n) is 3.49. The molecule has 1 atom stereocenters. The third-order valence-electron chi connectivity index (χ3n) is 4.95. The molecule has 0 amide bonds. The molecule has 27 heavy (non-hydrogen) atoms. The van der Waals surface area contributed by atoms with Gasteiger partial charge in [0.15, 0.2) is 0 Å². The number of methoxy groups -OCH3 is 1. The third-order valence-corrected chi connectivity index (χ3v) is 4.95. The number of rotatable bonds is 6. The number of ether oxygens (including phenoxy) is 1. The van der Waals surface area contributed by atoms with Crippen LogP contribution in [0, 0.1) is 5.82 Å². The second-order valence-corrected chi connectivity index (χ2v) is 6.86. The number of carbonyl (C=O) groups excluding carboxylic acids is 1. The SMILES string of the molecule is COC(=O)C(N)Cc1cc(F)ccc1N1CCN(Cc2ccccc2)CC1. The first-order valence-electron chi connectivity index (χ1n) is 9.20. The molecule has 1 aliphatic heterocycles. The van der Waals surface area contributed by atoms with Gasteiger partial charge in [0.1, 0.15) is 11.9 Å². The van der Waals surface area contributed by atoms with Crippen LogP contribution in [0.25, 0.3) is 0 Å². The molecule has 0 saturated carbocycles. The Balaban J connectivity index is 1.66. The molecule has 144 valence electrons. The monoisotopic (exact) mass is 371 g/mol. The molecule has 1 fully saturated rings. The first-order chi connectivity index (χ1) is 13.1. The molecule has 1 aliphatic rings. The largest absolute Gasteiger partial charge is 0.468 e. The molecule has 5 nitrogen and oxygen atoms in total. The van der Waals surface area contributed by atoms with Crippen molar-refractivity contribution in [3.8, 4) is 0 Å². The van der Waals surface area contributed by atoms with E-state index in [1.807, 2.05) is 6.07 Å². The van der Waals surface area contributed by atoms with E-state index in [0.717, 1.165) is 44.0 Å². The zero-order chi connectivity index (χ0) is 19.2. The van der Waals surface area contributed by atoms with Crippen molar-refractivity contribution in [1.82, 2.24) is 4.90 Å². The topological polar surface area (TPSA) is 58.8 Å². The van der Waals surface area contributed by atoms with Crippen molar-refractivity contribution in [2.24, 2.45) is 5.73 Å². The van der Waals surface area contributed by atoms with E-state index in [1.165, 1.54) is 24.8 Å². The quantitative estimate of drug-likeness (QED) is 0.789. The lowest BCUT2D eigenvalue weighted by Gasteiger charge is -2.37. The lowest BCUT2D eigenvalue weighted by Crippen LogP contribution is -2.46. The van der Waals surface area contributed by atoms with E-state index in [2.05, 4.69) is 34.1 Å². The van der Waals surface area contributed by atoms with Crippen molar-refractivity contribution >= 4 is 11.7 Å². The van der Waals surface area contributed by atoms with Crippen molar-refractivity contribution in [2.75, 3.05) is 38.2 Å². The molecule has 0 aromatic heterocycles. The minimum atomic E-state index is -0.796. The highest BCUT2D eigenvalue weighted by Crippen LogP contribution is 2.25. The molecule has 3 rings (SSSR count). The van der Waals surface area contributed by atoms with Crippen LogP contribution in [0.15, 0.2) is 48.5 Å². The fraction of sp³-hybridized carbons (Fsp3) is 0.381. The summed E-state index contributed by atoms with van der Waals surface area (Å²) in [5.74, 6) is -0.813. The second-order valence-electron chi connectivity index (χ2n) is 6.86. The average Bonchev–Trinajstić information content (AvgIpc) is 2.69. The molecule has 2 N–H and O–H groups in total. The van der Waals surface area contributed by atoms with Crippen LogP contribution in [0.5, 0.6) is 0 Å². The van der Waals surface area contributed by atoms with Crippen molar-refractivity contribution < 1.29 is 13.9 Å². The molecule has 0 radical (unpaired) electrons. The van der Waals surface area contributed by atoms with E-state index in [4.69, 9.17) is 10.5 Å². The number of benzene rings is 2. The molecule has 1 heterocycles. The number of halogens is 1. The first kappa shape index (κ1) is 19.3. The smallest absolute Gasteiger partial charge is 0.322 e. The maximum Gasteiger partial charge on any atom is 0.322 e. The number of piperazine rings is 1. The summed E-state index contributed by atoms with van der Waals surface area (Å²) in [6.07, 6.45) is 0.254. The molecule has 1 saturated heterocycles. The molecule has 0 bridgehead atoms. The minimum absolute atomic E-state index is 0.254. The summed E-state index contributed by atoms with van der Waals surface area (Å²) in [6.45, 7) is 4.47. The van der Waals surface area contributed by atoms with E-state index in [0.29, 0.717) is 0 Å². The second kappa shape index (κ2) is 8.97. The lowest BCUT2D eigenvalue weighted by molar-refractivity contribution is -0.142. The number of esters is 1. The van der Waals surface area contributed by atoms with Gasteiger partial charge in [0.25, 0.3) is 0 Å². The molecule has 2 aromatic rings. The van der Waals surface area contributed by atoms with Crippen LogP contribution in [0.3, 0.4) is 0 Å². The Kier molecular flexibility index (Phi) is 6.42. The fourth-order valence-corrected chi connectivity index (χ4v) is 3.49. The van der Waals surface area contributed by atoms with E-state index >= 15 is 0 Å². The van der Waals surface area contributed by atoms with Gasteiger partial charge in [-0.25, -0.2) is 4.39 Å². The number of nitrogens with two attached hydrogens (primary N) is 1. The van der Waals surface area contributed by atoms with E-state index in [-0.39, 0.29) is 12.2 Å². The van der Waals surface area contributed by atoms with E-state index in [1.54, 1.807) is 6.07 Å². The molecule has 0 spiro atoms. The van der Waals surface area contributed by atoms with E-state index < -0.39 is 12.0 Å². The van der Waals surface area contributed by atoms with Crippen LogP contribution in [0.1, 0.15) is 11.1 Å². The van der Waals surface area contributed by atoms with Crippen LogP contribution >= 0.6 is 0 Å². The van der Waals surface area contributed by atoms with Crippen LogP contribution in [-0.2, 0) is 22.5 Å². The van der Waals surface area contributed by atoms with Gasteiger partial charge in [-0.1, -0.05) is 30.3 Å². The van der Waals surface area contributed by atoms with Crippen molar-refractivity contribution in [3.63, 3.8) is 0 Å². The van der Waals surface area contributed by atoms with Crippen molar-refractivity contribution in [3.05, 3.63) is 65.5 Å². The Bertz CT molecular complexity index is 761. The van der Waals surface area contributed by atoms with Crippen LogP contribution in [0.2, 0.25) is 0 Å². The van der Waals surface area contributed by atoms with Crippen molar-refractivity contribution in [1.29, 1.82) is 0 Å². The van der Waals surface area contributed by atoms with E-state index in [9.17, 15) is 9.18 Å². The van der Waals surface area contributed by atoms with Gasteiger partial charge >= 0.3 is 5.97 Å². The highest BCUT2D eigenvalue weighted by atomic mass is 19.1. The summed E-state index contributed by atoms with van der Waals surface area (Å²) in [5, 5.41) is 0. The summed E-state index contributed by atoms with van der Waals surface area (Å²) < 4.78 is 18.5. The molecule has 6 heteroatoms. The minimum Gasteiger partial charge on any atom is -0.468 e. The Morgan fingerprint density at radius 1 is 1.15 bits per heavy atom. The van der Waals surface area contributed by atoms with Crippen molar-refractivity contribution in [2.45, 2.75) is 19.0 Å². The Morgan fingerprint density at radius 3 is 2.52 bits per heavy atom. The maximum atomic E-state index is 13.8. The van der Waals surface area contributed by atoms with Gasteiger partial charge in [0.2, 0.25) is 0 Å². The van der Waals surface area contributed by atoms with Gasteiger partial charge in [-0.3, -0.25) is 9.69 Å². The predicted molar refractivity (Wildman–Crippen MR) is 104 cm³/mol. The number of anilines is 1. The number of hydrogen-bond acceptors (Lipinski definition) is 5. The van der Waals surface area contributed by atoms with Gasteiger partial charge in [-0.2, -0.15) is 0 Å².